The third kappa shape index (κ3) is 1.85. The average molecular weight is 152 g/mol. The number of allylic oxidation sites excluding steroid dienone is 1. The Labute approximate surface area is 70.7 Å². The Bertz CT molecular complexity index is 127. The van der Waals surface area contributed by atoms with Crippen molar-refractivity contribution >= 4 is 0 Å². The van der Waals surface area contributed by atoms with Gasteiger partial charge in [-0.25, -0.2) is 0 Å². The van der Waals surface area contributed by atoms with Crippen molar-refractivity contribution in [2.45, 2.75) is 46.0 Å². The molecule has 0 heterocycles. The van der Waals surface area contributed by atoms with Crippen LogP contribution in [0, 0.1) is 11.3 Å². The lowest BCUT2D eigenvalue weighted by Gasteiger charge is -2.36. The first-order valence-corrected chi connectivity index (χ1v) is 4.86. The molecule has 0 heteroatoms. The molecule has 0 aromatic carbocycles. The van der Waals surface area contributed by atoms with Crippen LogP contribution in [0.15, 0.2) is 12.7 Å². The van der Waals surface area contributed by atoms with Gasteiger partial charge in [0.25, 0.3) is 0 Å². The van der Waals surface area contributed by atoms with Crippen LogP contribution in [0.5, 0.6) is 0 Å². The summed E-state index contributed by atoms with van der Waals surface area (Å²) in [6.45, 7) is 8.61. The maximum atomic E-state index is 3.95. The van der Waals surface area contributed by atoms with Gasteiger partial charge >= 0.3 is 0 Å². The monoisotopic (exact) mass is 152 g/mol. The molecule has 1 rings (SSSR count). The molecule has 0 nitrogen and oxygen atoms in total. The second kappa shape index (κ2) is 3.42. The molecule has 0 aromatic rings. The van der Waals surface area contributed by atoms with E-state index >= 15 is 0 Å². The molecule has 1 saturated carbocycles. The summed E-state index contributed by atoms with van der Waals surface area (Å²) in [5, 5.41) is 0. The third-order valence-corrected chi connectivity index (χ3v) is 3.41. The van der Waals surface area contributed by atoms with E-state index in [0.29, 0.717) is 5.41 Å². The quantitative estimate of drug-likeness (QED) is 0.528. The fourth-order valence-corrected chi connectivity index (χ4v) is 2.04. The van der Waals surface area contributed by atoms with Crippen molar-refractivity contribution in [3.8, 4) is 0 Å². The van der Waals surface area contributed by atoms with Gasteiger partial charge in [-0.1, -0.05) is 19.9 Å². The fraction of sp³-hybridized carbons (Fsp3) is 0.818. The highest BCUT2D eigenvalue weighted by molar-refractivity contribution is 4.96. The molecular weight excluding hydrogens is 132 g/mol. The Kier molecular flexibility index (Phi) is 2.75. The van der Waals surface area contributed by atoms with Crippen molar-refractivity contribution in [3.63, 3.8) is 0 Å². The molecule has 64 valence electrons. The van der Waals surface area contributed by atoms with Crippen LogP contribution >= 0.6 is 0 Å². The van der Waals surface area contributed by atoms with Crippen molar-refractivity contribution in [2.24, 2.45) is 11.3 Å². The second-order valence-electron chi connectivity index (χ2n) is 4.10. The van der Waals surface area contributed by atoms with Crippen molar-refractivity contribution in [2.75, 3.05) is 0 Å². The van der Waals surface area contributed by atoms with Gasteiger partial charge in [-0.05, 0) is 43.4 Å². The number of rotatable bonds is 2. The van der Waals surface area contributed by atoms with Crippen LogP contribution in [0.3, 0.4) is 0 Å². The van der Waals surface area contributed by atoms with Gasteiger partial charge in [0.1, 0.15) is 0 Å². The smallest absolute Gasteiger partial charge is 0.0123 e. The van der Waals surface area contributed by atoms with Gasteiger partial charge in [-0.3, -0.25) is 0 Å². The average Bonchev–Trinajstić information content (AvgIpc) is 2.07. The zero-order valence-corrected chi connectivity index (χ0v) is 7.90. The molecule has 0 spiro atoms. The first kappa shape index (κ1) is 8.83. The Hall–Kier alpha value is -0.260. The summed E-state index contributed by atoms with van der Waals surface area (Å²) in [6, 6.07) is 0. The molecule has 0 radical (unpaired) electrons. The third-order valence-electron chi connectivity index (χ3n) is 3.41. The predicted molar refractivity (Wildman–Crippen MR) is 50.6 cm³/mol. The minimum atomic E-state index is 0.506. The summed E-state index contributed by atoms with van der Waals surface area (Å²) in [5.41, 5.74) is 0.506. The lowest BCUT2D eigenvalue weighted by molar-refractivity contribution is 0.206. The van der Waals surface area contributed by atoms with Crippen LogP contribution in [-0.2, 0) is 0 Å². The molecule has 1 fully saturated rings. The van der Waals surface area contributed by atoms with Crippen LogP contribution in [0.25, 0.3) is 0 Å². The van der Waals surface area contributed by atoms with Gasteiger partial charge in [0.05, 0.1) is 0 Å². The van der Waals surface area contributed by atoms with E-state index in [9.17, 15) is 0 Å². The van der Waals surface area contributed by atoms with Gasteiger partial charge in [0, 0.05) is 0 Å². The topological polar surface area (TPSA) is 0 Å². The summed E-state index contributed by atoms with van der Waals surface area (Å²) < 4.78 is 0. The summed E-state index contributed by atoms with van der Waals surface area (Å²) >= 11 is 0. The fourth-order valence-electron chi connectivity index (χ4n) is 2.04. The largest absolute Gasteiger partial charge is 0.103 e. The molecule has 1 aliphatic carbocycles. The minimum absolute atomic E-state index is 0.506. The molecular formula is C11H20. The highest BCUT2D eigenvalue weighted by Crippen LogP contribution is 2.41. The molecule has 0 bridgehead atoms. The van der Waals surface area contributed by atoms with Gasteiger partial charge in [-0.15, -0.1) is 6.58 Å². The lowest BCUT2D eigenvalue weighted by atomic mass is 9.69. The SMILES string of the molecule is C=CC1(CC)CCC(C)CC1. The molecule has 0 atom stereocenters. The zero-order valence-electron chi connectivity index (χ0n) is 7.90. The van der Waals surface area contributed by atoms with Crippen molar-refractivity contribution in [3.05, 3.63) is 12.7 Å². The van der Waals surface area contributed by atoms with E-state index in [0.717, 1.165) is 5.92 Å². The van der Waals surface area contributed by atoms with Crippen LogP contribution in [0.4, 0.5) is 0 Å². The number of hydrogen-bond donors (Lipinski definition) is 0. The summed E-state index contributed by atoms with van der Waals surface area (Å²) in [6.07, 6.45) is 9.02. The van der Waals surface area contributed by atoms with Gasteiger partial charge in [0.2, 0.25) is 0 Å². The molecule has 0 N–H and O–H groups in total. The van der Waals surface area contributed by atoms with Crippen molar-refractivity contribution < 1.29 is 0 Å². The molecule has 11 heavy (non-hydrogen) atoms. The molecule has 1 aliphatic rings. The minimum Gasteiger partial charge on any atom is -0.103 e. The standard InChI is InChI=1S/C11H20/c1-4-11(5-2)8-6-10(3)7-9-11/h4,10H,1,5-9H2,2-3H3. The van der Waals surface area contributed by atoms with E-state index in [-0.39, 0.29) is 0 Å². The van der Waals surface area contributed by atoms with Crippen LogP contribution in [-0.4, -0.2) is 0 Å². The highest BCUT2D eigenvalue weighted by Gasteiger charge is 2.28. The zero-order chi connectivity index (χ0) is 8.32. The Morgan fingerprint density at radius 3 is 2.36 bits per heavy atom. The Balaban J connectivity index is 2.52. The molecule has 0 aromatic heterocycles. The van der Waals surface area contributed by atoms with E-state index in [1.165, 1.54) is 32.1 Å². The molecule has 0 aliphatic heterocycles. The van der Waals surface area contributed by atoms with Gasteiger partial charge < -0.3 is 0 Å². The van der Waals surface area contributed by atoms with Gasteiger partial charge in [0.15, 0.2) is 0 Å². The Morgan fingerprint density at radius 2 is 2.00 bits per heavy atom. The first-order chi connectivity index (χ1) is 5.22. The van der Waals surface area contributed by atoms with Crippen molar-refractivity contribution in [1.29, 1.82) is 0 Å². The molecule has 0 unspecified atom stereocenters. The van der Waals surface area contributed by atoms with E-state index in [1.54, 1.807) is 0 Å². The number of hydrogen-bond acceptors (Lipinski definition) is 0. The van der Waals surface area contributed by atoms with Gasteiger partial charge in [-0.2, -0.15) is 0 Å². The van der Waals surface area contributed by atoms with Crippen LogP contribution in [0.2, 0.25) is 0 Å². The van der Waals surface area contributed by atoms with Crippen LogP contribution in [0.1, 0.15) is 46.0 Å². The van der Waals surface area contributed by atoms with E-state index in [4.69, 9.17) is 0 Å². The lowest BCUT2D eigenvalue weighted by Crippen LogP contribution is -2.23. The summed E-state index contributed by atoms with van der Waals surface area (Å²) in [4.78, 5) is 0. The molecule has 0 amide bonds. The van der Waals surface area contributed by atoms with E-state index in [2.05, 4.69) is 26.5 Å². The van der Waals surface area contributed by atoms with Crippen molar-refractivity contribution in [1.82, 2.24) is 0 Å². The maximum Gasteiger partial charge on any atom is -0.0123 e. The van der Waals surface area contributed by atoms with Crippen LogP contribution < -0.4 is 0 Å². The summed E-state index contributed by atoms with van der Waals surface area (Å²) in [7, 11) is 0. The first-order valence-electron chi connectivity index (χ1n) is 4.86. The second-order valence-corrected chi connectivity index (χ2v) is 4.10. The maximum absolute atomic E-state index is 3.95. The highest BCUT2D eigenvalue weighted by atomic mass is 14.3. The predicted octanol–water partition coefficient (Wildman–Crippen LogP) is 3.78. The van der Waals surface area contributed by atoms with E-state index < -0.39 is 0 Å². The normalized spacial score (nSPS) is 38.5. The molecule has 0 saturated heterocycles. The Morgan fingerprint density at radius 1 is 1.45 bits per heavy atom. The summed E-state index contributed by atoms with van der Waals surface area (Å²) in [5.74, 6) is 0.953. The van der Waals surface area contributed by atoms with E-state index in [1.807, 2.05) is 0 Å².